The van der Waals surface area contributed by atoms with E-state index in [0.717, 1.165) is 17.0 Å². The molecular weight excluding hydrogens is 327 g/mol. The monoisotopic (exact) mass is 341 g/mol. The number of rotatable bonds is 5. The van der Waals surface area contributed by atoms with E-state index in [2.05, 4.69) is 0 Å². The fourth-order valence-corrected chi connectivity index (χ4v) is 3.09. The van der Waals surface area contributed by atoms with Crippen LogP contribution in [-0.2, 0) is 11.0 Å². The van der Waals surface area contributed by atoms with Gasteiger partial charge in [0.2, 0.25) is 0 Å². The van der Waals surface area contributed by atoms with E-state index in [1.54, 1.807) is 24.3 Å². The molecule has 23 heavy (non-hydrogen) atoms. The molecule has 0 amide bonds. The summed E-state index contributed by atoms with van der Waals surface area (Å²) in [5.41, 5.74) is 5.86. The lowest BCUT2D eigenvalue weighted by atomic mass is 10.00. The van der Waals surface area contributed by atoms with E-state index < -0.39 is 23.6 Å². The number of hydrogen-bond acceptors (Lipinski definition) is 3. The van der Waals surface area contributed by atoms with Gasteiger partial charge < -0.3 is 10.8 Å². The fraction of sp³-hybridized carbons (Fsp3) is 0.188. The number of thioether (sulfide) groups is 1. The lowest BCUT2D eigenvalue weighted by Gasteiger charge is -2.14. The maximum atomic E-state index is 12.6. The van der Waals surface area contributed by atoms with Gasteiger partial charge in [0, 0.05) is 16.3 Å². The molecule has 1 atom stereocenters. The van der Waals surface area contributed by atoms with Crippen molar-refractivity contribution in [3.63, 3.8) is 0 Å². The Labute approximate surface area is 135 Å². The normalized spacial score (nSPS) is 12.8. The zero-order chi connectivity index (χ0) is 17.0. The first-order valence-corrected chi connectivity index (χ1v) is 7.65. The number of halogens is 3. The molecule has 0 aliphatic rings. The number of carboxylic acids is 1. The molecule has 0 fully saturated rings. The summed E-state index contributed by atoms with van der Waals surface area (Å²) in [5.74, 6) is -1.83. The number of benzene rings is 2. The first kappa shape index (κ1) is 17.2. The van der Waals surface area contributed by atoms with Gasteiger partial charge in [-0.3, -0.25) is 4.79 Å². The van der Waals surface area contributed by atoms with Crippen molar-refractivity contribution >= 4 is 23.4 Å². The average molecular weight is 341 g/mol. The minimum atomic E-state index is -4.44. The number of anilines is 1. The van der Waals surface area contributed by atoms with Crippen LogP contribution >= 0.6 is 11.8 Å². The molecule has 0 bridgehead atoms. The second-order valence-electron chi connectivity index (χ2n) is 4.86. The fourth-order valence-electron chi connectivity index (χ4n) is 2.00. The summed E-state index contributed by atoms with van der Waals surface area (Å²) in [6.45, 7) is 0. The Balaban J connectivity index is 2.16. The van der Waals surface area contributed by atoms with Gasteiger partial charge in [-0.2, -0.15) is 13.2 Å². The van der Waals surface area contributed by atoms with E-state index in [9.17, 15) is 23.1 Å². The SMILES string of the molecule is Nc1ccccc1SCC(C(=O)O)c1ccc(C(F)(F)F)cc1. The molecular formula is C16H14F3NO2S. The Morgan fingerprint density at radius 2 is 1.74 bits per heavy atom. The number of nitrogens with two attached hydrogens (primary N) is 1. The number of aliphatic carboxylic acids is 1. The highest BCUT2D eigenvalue weighted by atomic mass is 32.2. The average Bonchev–Trinajstić information content (AvgIpc) is 2.48. The molecule has 0 saturated heterocycles. The highest BCUT2D eigenvalue weighted by molar-refractivity contribution is 7.99. The summed E-state index contributed by atoms with van der Waals surface area (Å²) in [6, 6.07) is 11.2. The molecule has 3 N–H and O–H groups in total. The molecule has 0 aliphatic carbocycles. The van der Waals surface area contributed by atoms with Gasteiger partial charge in [-0.05, 0) is 29.8 Å². The molecule has 0 aromatic heterocycles. The van der Waals surface area contributed by atoms with Crippen LogP contribution in [0, 0.1) is 0 Å². The van der Waals surface area contributed by atoms with Crippen molar-refractivity contribution in [2.75, 3.05) is 11.5 Å². The predicted molar refractivity (Wildman–Crippen MR) is 83.4 cm³/mol. The van der Waals surface area contributed by atoms with Crippen LogP contribution in [-0.4, -0.2) is 16.8 Å². The number of hydrogen-bond donors (Lipinski definition) is 2. The highest BCUT2D eigenvalue weighted by Gasteiger charge is 2.30. The lowest BCUT2D eigenvalue weighted by molar-refractivity contribution is -0.138. The Kier molecular flexibility index (Phi) is 5.20. The second kappa shape index (κ2) is 6.95. The lowest BCUT2D eigenvalue weighted by Crippen LogP contribution is -2.15. The van der Waals surface area contributed by atoms with Crippen LogP contribution in [0.2, 0.25) is 0 Å². The summed E-state index contributed by atoms with van der Waals surface area (Å²) in [6.07, 6.45) is -4.44. The van der Waals surface area contributed by atoms with Crippen LogP contribution < -0.4 is 5.73 Å². The van der Waals surface area contributed by atoms with Crippen molar-refractivity contribution in [1.29, 1.82) is 0 Å². The first-order valence-electron chi connectivity index (χ1n) is 6.66. The van der Waals surface area contributed by atoms with Crippen LogP contribution in [0.25, 0.3) is 0 Å². The summed E-state index contributed by atoms with van der Waals surface area (Å²) >= 11 is 1.26. The van der Waals surface area contributed by atoms with Gasteiger partial charge in [0.05, 0.1) is 11.5 Å². The quantitative estimate of drug-likeness (QED) is 0.630. The van der Waals surface area contributed by atoms with Crippen LogP contribution in [0.5, 0.6) is 0 Å². The summed E-state index contributed by atoms with van der Waals surface area (Å²) < 4.78 is 37.7. The largest absolute Gasteiger partial charge is 0.481 e. The van der Waals surface area contributed by atoms with E-state index in [4.69, 9.17) is 5.73 Å². The van der Waals surface area contributed by atoms with Crippen molar-refractivity contribution in [3.8, 4) is 0 Å². The highest BCUT2D eigenvalue weighted by Crippen LogP contribution is 2.33. The van der Waals surface area contributed by atoms with Crippen molar-refractivity contribution < 1.29 is 23.1 Å². The van der Waals surface area contributed by atoms with Gasteiger partial charge in [-0.1, -0.05) is 24.3 Å². The minimum Gasteiger partial charge on any atom is -0.481 e. The summed E-state index contributed by atoms with van der Waals surface area (Å²) in [4.78, 5) is 12.2. The zero-order valence-electron chi connectivity index (χ0n) is 11.9. The Hall–Kier alpha value is -2.15. The van der Waals surface area contributed by atoms with Crippen molar-refractivity contribution in [1.82, 2.24) is 0 Å². The van der Waals surface area contributed by atoms with Gasteiger partial charge in [0.1, 0.15) is 0 Å². The molecule has 2 aromatic carbocycles. The third-order valence-electron chi connectivity index (χ3n) is 3.26. The standard InChI is InChI=1S/C16H14F3NO2S/c17-16(18,19)11-7-5-10(6-8-11)12(15(21)22)9-23-14-4-2-1-3-13(14)20/h1-8,12H,9,20H2,(H,21,22). The molecule has 0 saturated carbocycles. The first-order chi connectivity index (χ1) is 10.8. The van der Waals surface area contributed by atoms with Gasteiger partial charge in [0.25, 0.3) is 0 Å². The van der Waals surface area contributed by atoms with E-state index in [1.807, 2.05) is 0 Å². The molecule has 0 radical (unpaired) electrons. The van der Waals surface area contributed by atoms with E-state index in [0.29, 0.717) is 11.3 Å². The molecule has 1 unspecified atom stereocenters. The molecule has 7 heteroatoms. The summed E-state index contributed by atoms with van der Waals surface area (Å²) in [5, 5.41) is 9.34. The van der Waals surface area contributed by atoms with Crippen LogP contribution in [0.1, 0.15) is 17.0 Å². The number of carboxylic acid groups (broad SMARTS) is 1. The third-order valence-corrected chi connectivity index (χ3v) is 4.45. The number of alkyl halides is 3. The molecule has 0 heterocycles. The number of nitrogen functional groups attached to an aromatic ring is 1. The Morgan fingerprint density at radius 3 is 2.26 bits per heavy atom. The van der Waals surface area contributed by atoms with Gasteiger partial charge in [-0.15, -0.1) is 11.8 Å². The maximum Gasteiger partial charge on any atom is 0.416 e. The molecule has 2 rings (SSSR count). The summed E-state index contributed by atoms with van der Waals surface area (Å²) in [7, 11) is 0. The van der Waals surface area contributed by atoms with Gasteiger partial charge in [0.15, 0.2) is 0 Å². The van der Waals surface area contributed by atoms with Crippen molar-refractivity contribution in [2.45, 2.75) is 17.0 Å². The van der Waals surface area contributed by atoms with Crippen LogP contribution in [0.3, 0.4) is 0 Å². The van der Waals surface area contributed by atoms with E-state index >= 15 is 0 Å². The predicted octanol–water partition coefficient (Wildman–Crippen LogP) is 4.25. The molecule has 122 valence electrons. The second-order valence-corrected chi connectivity index (χ2v) is 5.92. The van der Waals surface area contributed by atoms with Crippen molar-refractivity contribution in [2.24, 2.45) is 0 Å². The zero-order valence-corrected chi connectivity index (χ0v) is 12.7. The number of carbonyl (C=O) groups is 1. The van der Waals surface area contributed by atoms with Crippen molar-refractivity contribution in [3.05, 3.63) is 59.7 Å². The van der Waals surface area contributed by atoms with Gasteiger partial charge >= 0.3 is 12.1 Å². The molecule has 2 aromatic rings. The topological polar surface area (TPSA) is 63.3 Å². The molecule has 3 nitrogen and oxygen atoms in total. The molecule has 0 spiro atoms. The maximum absolute atomic E-state index is 12.6. The van der Waals surface area contributed by atoms with Crippen LogP contribution in [0.4, 0.5) is 18.9 Å². The molecule has 0 aliphatic heterocycles. The Bertz CT molecular complexity index is 686. The van der Waals surface area contributed by atoms with Crippen LogP contribution in [0.15, 0.2) is 53.4 Å². The third kappa shape index (κ3) is 4.41. The Morgan fingerprint density at radius 1 is 1.13 bits per heavy atom. The van der Waals surface area contributed by atoms with E-state index in [1.165, 1.54) is 23.9 Å². The number of para-hydroxylation sites is 1. The smallest absolute Gasteiger partial charge is 0.416 e. The minimum absolute atomic E-state index is 0.176. The van der Waals surface area contributed by atoms with Gasteiger partial charge in [-0.25, -0.2) is 0 Å². The van der Waals surface area contributed by atoms with E-state index in [-0.39, 0.29) is 5.75 Å².